The molecule has 2 aromatic rings. The van der Waals surface area contributed by atoms with Crippen molar-refractivity contribution in [2.24, 2.45) is 5.92 Å². The van der Waals surface area contributed by atoms with Crippen molar-refractivity contribution in [2.45, 2.75) is 38.1 Å². The summed E-state index contributed by atoms with van der Waals surface area (Å²) in [4.78, 5) is 38.8. The Morgan fingerprint density at radius 3 is 2.74 bits per heavy atom. The molecule has 0 unspecified atom stereocenters. The molecule has 1 saturated carbocycles. The van der Waals surface area contributed by atoms with Crippen molar-refractivity contribution in [3.8, 4) is 0 Å². The molecule has 2 fully saturated rings. The van der Waals surface area contributed by atoms with Gasteiger partial charge >= 0.3 is 6.03 Å². The molecule has 2 aromatic carbocycles. The third-order valence-electron chi connectivity index (χ3n) is 5.84. The SMILES string of the molecule is C[C@H]1CCCC[C@@]12NC(=O)N(CC(=O)Nc1ccc3ccccc3c1)C2=O. The molecule has 1 spiro atoms. The predicted molar refractivity (Wildman–Crippen MR) is 103 cm³/mol. The molecular formula is C21H23N3O3. The number of nitrogens with one attached hydrogen (secondary N) is 2. The Bertz CT molecular complexity index is 926. The number of urea groups is 1. The number of amides is 4. The van der Waals surface area contributed by atoms with Gasteiger partial charge in [0, 0.05) is 5.69 Å². The monoisotopic (exact) mass is 365 g/mol. The summed E-state index contributed by atoms with van der Waals surface area (Å²) in [5.74, 6) is -0.570. The minimum absolute atomic E-state index is 0.0799. The van der Waals surface area contributed by atoms with Crippen LogP contribution < -0.4 is 10.6 Å². The van der Waals surface area contributed by atoms with Crippen LogP contribution in [0.1, 0.15) is 32.6 Å². The number of anilines is 1. The smallest absolute Gasteiger partial charge is 0.325 e. The van der Waals surface area contributed by atoms with Gasteiger partial charge in [-0.15, -0.1) is 0 Å². The van der Waals surface area contributed by atoms with Gasteiger partial charge < -0.3 is 10.6 Å². The van der Waals surface area contributed by atoms with Gasteiger partial charge in [-0.2, -0.15) is 0 Å². The average molecular weight is 365 g/mol. The number of imide groups is 1. The summed E-state index contributed by atoms with van der Waals surface area (Å²) in [5.41, 5.74) is -0.190. The average Bonchev–Trinajstić information content (AvgIpc) is 2.89. The molecule has 4 amide bonds. The van der Waals surface area contributed by atoms with E-state index in [1.807, 2.05) is 49.4 Å². The Labute approximate surface area is 157 Å². The second kappa shape index (κ2) is 6.68. The van der Waals surface area contributed by atoms with E-state index in [9.17, 15) is 14.4 Å². The standard InChI is InChI=1S/C21H23N3O3/c1-14-6-4-5-11-21(14)19(26)24(20(27)23-21)13-18(25)22-17-10-9-15-7-2-3-8-16(15)12-17/h2-3,7-10,12,14H,4-6,11,13H2,1H3,(H,22,25)(H,23,27)/t14-,21+/m0/s1. The van der Waals surface area contributed by atoms with Gasteiger partial charge in [0.15, 0.2) is 0 Å². The van der Waals surface area contributed by atoms with Gasteiger partial charge in [-0.3, -0.25) is 14.5 Å². The van der Waals surface area contributed by atoms with Crippen LogP contribution in [0.5, 0.6) is 0 Å². The van der Waals surface area contributed by atoms with E-state index >= 15 is 0 Å². The van der Waals surface area contributed by atoms with Crippen LogP contribution in [0.4, 0.5) is 10.5 Å². The summed E-state index contributed by atoms with van der Waals surface area (Å²) in [6.07, 6.45) is 3.52. The zero-order chi connectivity index (χ0) is 19.0. The fourth-order valence-corrected chi connectivity index (χ4v) is 4.25. The van der Waals surface area contributed by atoms with Gasteiger partial charge in [0.25, 0.3) is 5.91 Å². The Morgan fingerprint density at radius 2 is 1.96 bits per heavy atom. The highest BCUT2D eigenvalue weighted by molar-refractivity contribution is 6.10. The van der Waals surface area contributed by atoms with Crippen LogP contribution in [-0.2, 0) is 9.59 Å². The largest absolute Gasteiger partial charge is 0.325 e. The van der Waals surface area contributed by atoms with Gasteiger partial charge in [-0.25, -0.2) is 4.79 Å². The molecule has 1 aliphatic carbocycles. The molecule has 4 rings (SSSR count). The molecule has 0 aromatic heterocycles. The molecule has 1 saturated heterocycles. The van der Waals surface area contributed by atoms with E-state index in [2.05, 4.69) is 10.6 Å². The van der Waals surface area contributed by atoms with Crippen LogP contribution >= 0.6 is 0 Å². The molecule has 0 bridgehead atoms. The Morgan fingerprint density at radius 1 is 1.19 bits per heavy atom. The van der Waals surface area contributed by atoms with E-state index in [0.29, 0.717) is 12.1 Å². The molecule has 6 heteroatoms. The van der Waals surface area contributed by atoms with Crippen molar-refractivity contribution in [1.29, 1.82) is 0 Å². The summed E-state index contributed by atoms with van der Waals surface area (Å²) >= 11 is 0. The number of carbonyl (C=O) groups is 3. The lowest BCUT2D eigenvalue weighted by molar-refractivity contribution is -0.136. The molecule has 1 aliphatic heterocycles. The highest BCUT2D eigenvalue weighted by Crippen LogP contribution is 2.38. The number of benzene rings is 2. The van der Waals surface area contributed by atoms with Crippen LogP contribution in [-0.4, -0.2) is 34.8 Å². The maximum absolute atomic E-state index is 12.9. The van der Waals surface area contributed by atoms with Crippen LogP contribution in [0.3, 0.4) is 0 Å². The second-order valence-corrected chi connectivity index (χ2v) is 7.55. The van der Waals surface area contributed by atoms with E-state index in [-0.39, 0.29) is 24.3 Å². The topological polar surface area (TPSA) is 78.5 Å². The van der Waals surface area contributed by atoms with Crippen LogP contribution in [0.25, 0.3) is 10.8 Å². The summed E-state index contributed by atoms with van der Waals surface area (Å²) in [5, 5.41) is 7.76. The van der Waals surface area contributed by atoms with Crippen molar-refractivity contribution in [1.82, 2.24) is 10.2 Å². The van der Waals surface area contributed by atoms with Gasteiger partial charge in [0.2, 0.25) is 5.91 Å². The first-order valence-corrected chi connectivity index (χ1v) is 9.42. The van der Waals surface area contributed by atoms with Crippen molar-refractivity contribution in [3.05, 3.63) is 42.5 Å². The fourth-order valence-electron chi connectivity index (χ4n) is 4.25. The normalized spacial score (nSPS) is 25.1. The summed E-state index contributed by atoms with van der Waals surface area (Å²) < 4.78 is 0. The molecule has 2 aliphatic rings. The van der Waals surface area contributed by atoms with Crippen molar-refractivity contribution in [2.75, 3.05) is 11.9 Å². The van der Waals surface area contributed by atoms with Crippen LogP contribution in [0, 0.1) is 5.92 Å². The van der Waals surface area contributed by atoms with Gasteiger partial charge in [0.1, 0.15) is 12.1 Å². The highest BCUT2D eigenvalue weighted by Gasteiger charge is 2.55. The predicted octanol–water partition coefficient (Wildman–Crippen LogP) is 3.28. The van der Waals surface area contributed by atoms with Crippen molar-refractivity contribution in [3.63, 3.8) is 0 Å². The van der Waals surface area contributed by atoms with E-state index in [4.69, 9.17) is 0 Å². The molecule has 0 radical (unpaired) electrons. The second-order valence-electron chi connectivity index (χ2n) is 7.55. The molecule has 27 heavy (non-hydrogen) atoms. The zero-order valence-electron chi connectivity index (χ0n) is 15.3. The number of fused-ring (bicyclic) bond motifs is 1. The van der Waals surface area contributed by atoms with Crippen LogP contribution in [0.15, 0.2) is 42.5 Å². The Hall–Kier alpha value is -2.89. The summed E-state index contributed by atoms with van der Waals surface area (Å²) in [6, 6.07) is 13.0. The number of rotatable bonds is 3. The van der Waals surface area contributed by atoms with Gasteiger partial charge in [-0.1, -0.05) is 50.1 Å². The van der Waals surface area contributed by atoms with Crippen molar-refractivity contribution >= 4 is 34.3 Å². The fraction of sp³-hybridized carbons (Fsp3) is 0.381. The quantitative estimate of drug-likeness (QED) is 0.820. The minimum atomic E-state index is -0.835. The molecule has 2 atom stereocenters. The van der Waals surface area contributed by atoms with E-state index < -0.39 is 11.6 Å². The Kier molecular flexibility index (Phi) is 4.34. The lowest BCUT2D eigenvalue weighted by Crippen LogP contribution is -2.54. The molecular weight excluding hydrogens is 342 g/mol. The van der Waals surface area contributed by atoms with Gasteiger partial charge in [0.05, 0.1) is 0 Å². The lowest BCUT2D eigenvalue weighted by Gasteiger charge is -2.36. The number of hydrogen-bond acceptors (Lipinski definition) is 3. The third kappa shape index (κ3) is 3.05. The third-order valence-corrected chi connectivity index (χ3v) is 5.84. The van der Waals surface area contributed by atoms with E-state index in [1.54, 1.807) is 0 Å². The van der Waals surface area contributed by atoms with Crippen LogP contribution in [0.2, 0.25) is 0 Å². The molecule has 6 nitrogen and oxygen atoms in total. The highest BCUT2D eigenvalue weighted by atomic mass is 16.2. The van der Waals surface area contributed by atoms with E-state index in [1.165, 1.54) is 0 Å². The first-order valence-electron chi connectivity index (χ1n) is 9.42. The number of nitrogens with zero attached hydrogens (tertiary/aromatic N) is 1. The maximum Gasteiger partial charge on any atom is 0.325 e. The number of carbonyl (C=O) groups excluding carboxylic acids is 3. The zero-order valence-corrected chi connectivity index (χ0v) is 15.3. The molecule has 2 N–H and O–H groups in total. The summed E-state index contributed by atoms with van der Waals surface area (Å²) in [6.45, 7) is 1.72. The van der Waals surface area contributed by atoms with E-state index in [0.717, 1.165) is 34.9 Å². The Balaban J connectivity index is 1.47. The maximum atomic E-state index is 12.9. The number of hydrogen-bond donors (Lipinski definition) is 2. The first kappa shape index (κ1) is 17.5. The first-order chi connectivity index (χ1) is 13.0. The summed E-state index contributed by atoms with van der Waals surface area (Å²) in [7, 11) is 0. The van der Waals surface area contributed by atoms with Gasteiger partial charge in [-0.05, 0) is 41.7 Å². The molecule has 1 heterocycles. The minimum Gasteiger partial charge on any atom is -0.325 e. The lowest BCUT2D eigenvalue weighted by atomic mass is 9.73. The molecule has 140 valence electrons. The van der Waals surface area contributed by atoms with Crippen molar-refractivity contribution < 1.29 is 14.4 Å².